The molecular weight excluding hydrogens is 345 g/mol. The number of benzene rings is 1. The van der Waals surface area contributed by atoms with E-state index in [4.69, 9.17) is 0 Å². The molecule has 0 spiro atoms. The molecule has 1 fully saturated rings. The molecule has 1 aromatic rings. The number of alkyl halides is 3. The smallest absolute Gasteiger partial charge is 0.384 e. The number of rotatable bonds is 4. The Morgan fingerprint density at radius 1 is 1.33 bits per heavy atom. The van der Waals surface area contributed by atoms with Crippen molar-refractivity contribution in [3.63, 3.8) is 0 Å². The highest BCUT2D eigenvalue weighted by molar-refractivity contribution is 9.10. The summed E-state index contributed by atoms with van der Waals surface area (Å²) < 4.78 is 39.4. The molecule has 21 heavy (non-hydrogen) atoms. The van der Waals surface area contributed by atoms with Gasteiger partial charge in [-0.05, 0) is 51.1 Å². The predicted octanol–water partition coefficient (Wildman–Crippen LogP) is 4.75. The van der Waals surface area contributed by atoms with Crippen molar-refractivity contribution >= 4 is 21.6 Å². The van der Waals surface area contributed by atoms with Gasteiger partial charge in [-0.25, -0.2) is 0 Å². The van der Waals surface area contributed by atoms with Crippen LogP contribution in [0.4, 0.5) is 18.9 Å². The molecule has 1 aliphatic heterocycles. The fourth-order valence-corrected chi connectivity index (χ4v) is 3.15. The number of anilines is 1. The average Bonchev–Trinajstić information content (AvgIpc) is 2.41. The first-order valence-electron chi connectivity index (χ1n) is 7.19. The Bertz CT molecular complexity index is 476. The van der Waals surface area contributed by atoms with Gasteiger partial charge in [-0.15, -0.1) is 0 Å². The second-order valence-electron chi connectivity index (χ2n) is 5.53. The van der Waals surface area contributed by atoms with Crippen molar-refractivity contribution < 1.29 is 13.2 Å². The zero-order valence-corrected chi connectivity index (χ0v) is 13.6. The summed E-state index contributed by atoms with van der Waals surface area (Å²) in [6.45, 7) is 1.64. The SMILES string of the molecule is CN1CCCCC1CCNc1ccc(Br)cc1C(F)(F)F. The molecule has 0 radical (unpaired) electrons. The normalized spacial score (nSPS) is 20.5. The van der Waals surface area contributed by atoms with Crippen LogP contribution in [0.15, 0.2) is 22.7 Å². The van der Waals surface area contributed by atoms with E-state index in [9.17, 15) is 13.2 Å². The highest BCUT2D eigenvalue weighted by Gasteiger charge is 2.33. The van der Waals surface area contributed by atoms with Gasteiger partial charge >= 0.3 is 6.18 Å². The van der Waals surface area contributed by atoms with Crippen molar-refractivity contribution in [3.8, 4) is 0 Å². The van der Waals surface area contributed by atoms with Crippen molar-refractivity contribution in [1.29, 1.82) is 0 Å². The van der Waals surface area contributed by atoms with Gasteiger partial charge in [-0.2, -0.15) is 13.2 Å². The number of nitrogens with one attached hydrogen (secondary N) is 1. The molecule has 0 bridgehead atoms. The summed E-state index contributed by atoms with van der Waals surface area (Å²) in [6, 6.07) is 4.70. The quantitative estimate of drug-likeness (QED) is 0.828. The van der Waals surface area contributed by atoms with E-state index in [2.05, 4.69) is 33.2 Å². The van der Waals surface area contributed by atoms with E-state index in [1.165, 1.54) is 18.9 Å². The molecule has 1 N–H and O–H groups in total. The van der Waals surface area contributed by atoms with E-state index in [1.54, 1.807) is 6.07 Å². The van der Waals surface area contributed by atoms with Gasteiger partial charge in [0.1, 0.15) is 0 Å². The molecule has 2 rings (SSSR count). The van der Waals surface area contributed by atoms with Gasteiger partial charge in [0, 0.05) is 22.7 Å². The van der Waals surface area contributed by atoms with Gasteiger partial charge in [0.15, 0.2) is 0 Å². The van der Waals surface area contributed by atoms with Crippen LogP contribution in [0.2, 0.25) is 0 Å². The van der Waals surface area contributed by atoms with E-state index in [0.717, 1.165) is 25.5 Å². The lowest BCUT2D eigenvalue weighted by Crippen LogP contribution is -2.37. The minimum absolute atomic E-state index is 0.157. The Morgan fingerprint density at radius 3 is 2.76 bits per heavy atom. The van der Waals surface area contributed by atoms with Crippen LogP contribution in [-0.2, 0) is 6.18 Å². The van der Waals surface area contributed by atoms with Crippen LogP contribution in [0.25, 0.3) is 0 Å². The fraction of sp³-hybridized carbons (Fsp3) is 0.600. The Kier molecular flexibility index (Phi) is 5.54. The molecule has 1 atom stereocenters. The number of hydrogen-bond donors (Lipinski definition) is 1. The number of likely N-dealkylation sites (tertiary alicyclic amines) is 1. The molecule has 0 aliphatic carbocycles. The number of piperidine rings is 1. The van der Waals surface area contributed by atoms with Gasteiger partial charge in [0.25, 0.3) is 0 Å². The van der Waals surface area contributed by atoms with Gasteiger partial charge < -0.3 is 10.2 Å². The average molecular weight is 365 g/mol. The van der Waals surface area contributed by atoms with Gasteiger partial charge in [0.05, 0.1) is 5.56 Å². The summed E-state index contributed by atoms with van der Waals surface area (Å²) in [5.41, 5.74) is -0.460. The molecule has 1 aromatic carbocycles. The van der Waals surface area contributed by atoms with Crippen molar-refractivity contribution in [3.05, 3.63) is 28.2 Å². The topological polar surface area (TPSA) is 15.3 Å². The van der Waals surface area contributed by atoms with Gasteiger partial charge in [-0.1, -0.05) is 22.4 Å². The lowest BCUT2D eigenvalue weighted by atomic mass is 10.00. The number of hydrogen-bond acceptors (Lipinski definition) is 2. The van der Waals surface area contributed by atoms with Crippen LogP contribution in [0.5, 0.6) is 0 Å². The third-order valence-electron chi connectivity index (χ3n) is 4.00. The first kappa shape index (κ1) is 16.6. The Morgan fingerprint density at radius 2 is 2.10 bits per heavy atom. The van der Waals surface area contributed by atoms with E-state index < -0.39 is 11.7 Å². The Balaban J connectivity index is 1.97. The number of nitrogens with zero attached hydrogens (tertiary/aromatic N) is 1. The third kappa shape index (κ3) is 4.61. The van der Waals surface area contributed by atoms with Crippen LogP contribution in [0.1, 0.15) is 31.2 Å². The maximum Gasteiger partial charge on any atom is 0.418 e. The summed E-state index contributed by atoms with van der Waals surface area (Å²) in [6.07, 6.45) is 0.0781. The van der Waals surface area contributed by atoms with E-state index in [1.807, 2.05) is 0 Å². The standard InChI is InChI=1S/C15H20BrF3N2/c1-21-9-3-2-4-12(21)7-8-20-14-6-5-11(16)10-13(14)15(17,18)19/h5-6,10,12,20H,2-4,7-9H2,1H3. The second kappa shape index (κ2) is 7.01. The first-order chi connectivity index (χ1) is 9.88. The Labute approximate surface area is 131 Å². The summed E-state index contributed by atoms with van der Waals surface area (Å²) in [5.74, 6) is 0. The van der Waals surface area contributed by atoms with Crippen LogP contribution in [0.3, 0.4) is 0 Å². The van der Waals surface area contributed by atoms with Crippen molar-refractivity contribution in [1.82, 2.24) is 4.90 Å². The van der Waals surface area contributed by atoms with E-state index in [-0.39, 0.29) is 5.69 Å². The third-order valence-corrected chi connectivity index (χ3v) is 4.49. The van der Waals surface area contributed by atoms with Gasteiger partial charge in [-0.3, -0.25) is 0 Å². The monoisotopic (exact) mass is 364 g/mol. The molecule has 1 saturated heterocycles. The molecule has 6 heteroatoms. The Hall–Kier alpha value is -0.750. The minimum atomic E-state index is -4.34. The summed E-state index contributed by atoms with van der Waals surface area (Å²) in [5, 5.41) is 2.95. The van der Waals surface area contributed by atoms with Gasteiger partial charge in [0.2, 0.25) is 0 Å². The maximum atomic E-state index is 13.0. The highest BCUT2D eigenvalue weighted by atomic mass is 79.9. The summed E-state index contributed by atoms with van der Waals surface area (Å²) in [4.78, 5) is 2.30. The van der Waals surface area contributed by atoms with E-state index >= 15 is 0 Å². The second-order valence-corrected chi connectivity index (χ2v) is 6.45. The highest BCUT2D eigenvalue weighted by Crippen LogP contribution is 2.36. The first-order valence-corrected chi connectivity index (χ1v) is 7.98. The molecule has 0 aromatic heterocycles. The molecule has 118 valence electrons. The van der Waals surface area contributed by atoms with Crippen LogP contribution in [-0.4, -0.2) is 31.1 Å². The van der Waals surface area contributed by atoms with Crippen LogP contribution in [0, 0.1) is 0 Å². The molecule has 0 saturated carbocycles. The van der Waals surface area contributed by atoms with Crippen molar-refractivity contribution in [2.24, 2.45) is 0 Å². The summed E-state index contributed by atoms with van der Waals surface area (Å²) >= 11 is 3.09. The van der Waals surface area contributed by atoms with E-state index in [0.29, 0.717) is 17.1 Å². The molecule has 0 amide bonds. The molecular formula is C15H20BrF3N2. The molecule has 2 nitrogen and oxygen atoms in total. The van der Waals surface area contributed by atoms with Crippen molar-refractivity contribution in [2.45, 2.75) is 37.9 Å². The maximum absolute atomic E-state index is 13.0. The lowest BCUT2D eigenvalue weighted by molar-refractivity contribution is -0.137. The lowest BCUT2D eigenvalue weighted by Gasteiger charge is -2.32. The zero-order valence-electron chi connectivity index (χ0n) is 12.0. The minimum Gasteiger partial charge on any atom is -0.384 e. The molecule has 1 aliphatic rings. The molecule has 1 heterocycles. The predicted molar refractivity (Wildman–Crippen MR) is 82.5 cm³/mol. The zero-order chi connectivity index (χ0) is 15.5. The van der Waals surface area contributed by atoms with Crippen LogP contribution < -0.4 is 5.32 Å². The van der Waals surface area contributed by atoms with Crippen molar-refractivity contribution in [2.75, 3.05) is 25.5 Å². The summed E-state index contributed by atoms with van der Waals surface area (Å²) in [7, 11) is 2.09. The number of halogens is 4. The van der Waals surface area contributed by atoms with Crippen LogP contribution >= 0.6 is 15.9 Å². The largest absolute Gasteiger partial charge is 0.418 e. The molecule has 1 unspecified atom stereocenters. The fourth-order valence-electron chi connectivity index (χ4n) is 2.79.